The molecule has 5 rings (SSSR count). The lowest BCUT2D eigenvalue weighted by atomic mass is 10.0. The monoisotopic (exact) mass is 501 g/mol. The van der Waals surface area contributed by atoms with E-state index in [1.165, 1.54) is 10.7 Å². The summed E-state index contributed by atoms with van der Waals surface area (Å²) >= 11 is 0. The number of rotatable bonds is 6. The standard InChI is InChI=1S/C28H31N5O4/c1-18(2)33-25(34)13-11-23(29-33)27-24-12-10-22(16-32(24)30-28(27)21-8-6-5-7-9-21)36-17-26(35)31-14-19(3)37-20(4)15-31/h5-13,16,18-20H,14-15,17H2,1-4H3/t19-,20+. The van der Waals surface area contributed by atoms with Gasteiger partial charge in [0.15, 0.2) is 6.61 Å². The van der Waals surface area contributed by atoms with Gasteiger partial charge in [-0.3, -0.25) is 9.59 Å². The Morgan fingerprint density at radius 2 is 1.76 bits per heavy atom. The van der Waals surface area contributed by atoms with E-state index in [9.17, 15) is 9.59 Å². The molecule has 192 valence electrons. The van der Waals surface area contributed by atoms with Crippen LogP contribution in [0.1, 0.15) is 33.7 Å². The van der Waals surface area contributed by atoms with Gasteiger partial charge in [-0.2, -0.15) is 10.2 Å². The molecule has 1 aliphatic heterocycles. The van der Waals surface area contributed by atoms with E-state index in [0.717, 1.165) is 22.3 Å². The van der Waals surface area contributed by atoms with Gasteiger partial charge in [0.25, 0.3) is 11.5 Å². The highest BCUT2D eigenvalue weighted by atomic mass is 16.5. The third-order valence-electron chi connectivity index (χ3n) is 6.35. The van der Waals surface area contributed by atoms with Crippen LogP contribution < -0.4 is 10.3 Å². The Balaban J connectivity index is 1.49. The first-order valence-electron chi connectivity index (χ1n) is 12.5. The average Bonchev–Trinajstić information content (AvgIpc) is 3.26. The quantitative estimate of drug-likeness (QED) is 0.399. The fourth-order valence-electron chi connectivity index (χ4n) is 4.71. The van der Waals surface area contributed by atoms with Gasteiger partial charge in [0.2, 0.25) is 0 Å². The summed E-state index contributed by atoms with van der Waals surface area (Å²) in [5, 5.41) is 9.51. The fourth-order valence-corrected chi connectivity index (χ4v) is 4.71. The molecule has 4 aromatic rings. The topological polar surface area (TPSA) is 91.0 Å². The zero-order chi connectivity index (χ0) is 26.1. The molecule has 4 heterocycles. The fraction of sp³-hybridized carbons (Fsp3) is 0.357. The van der Waals surface area contributed by atoms with Crippen molar-refractivity contribution in [2.75, 3.05) is 19.7 Å². The second kappa shape index (κ2) is 10.2. The highest BCUT2D eigenvalue weighted by Gasteiger charge is 2.26. The summed E-state index contributed by atoms with van der Waals surface area (Å²) < 4.78 is 14.8. The molecule has 9 heteroatoms. The number of benzene rings is 1. The van der Waals surface area contributed by atoms with E-state index in [-0.39, 0.29) is 36.3 Å². The van der Waals surface area contributed by atoms with Crippen LogP contribution in [0.4, 0.5) is 0 Å². The molecule has 0 bridgehead atoms. The molecule has 1 saturated heterocycles. The van der Waals surface area contributed by atoms with Gasteiger partial charge in [0, 0.05) is 24.7 Å². The maximum Gasteiger partial charge on any atom is 0.267 e. The first kappa shape index (κ1) is 24.7. The van der Waals surface area contributed by atoms with E-state index in [1.807, 2.05) is 70.2 Å². The van der Waals surface area contributed by atoms with Crippen LogP contribution in [-0.2, 0) is 9.53 Å². The summed E-state index contributed by atoms with van der Waals surface area (Å²) in [5.74, 6) is 0.456. The number of hydrogen-bond donors (Lipinski definition) is 0. The molecule has 0 radical (unpaired) electrons. The molecular weight excluding hydrogens is 470 g/mol. The predicted molar refractivity (Wildman–Crippen MR) is 141 cm³/mol. The first-order valence-corrected chi connectivity index (χ1v) is 12.5. The number of ether oxygens (including phenoxy) is 2. The molecule has 9 nitrogen and oxygen atoms in total. The van der Waals surface area contributed by atoms with Crippen molar-refractivity contribution in [1.82, 2.24) is 24.3 Å². The molecule has 0 N–H and O–H groups in total. The Labute approximate surface area is 215 Å². The lowest BCUT2D eigenvalue weighted by Gasteiger charge is -2.35. The van der Waals surface area contributed by atoms with Crippen molar-refractivity contribution >= 4 is 11.4 Å². The molecule has 0 unspecified atom stereocenters. The molecule has 1 fully saturated rings. The van der Waals surface area contributed by atoms with Gasteiger partial charge in [0.05, 0.1) is 41.2 Å². The smallest absolute Gasteiger partial charge is 0.267 e. The van der Waals surface area contributed by atoms with Crippen LogP contribution in [0.25, 0.3) is 28.0 Å². The number of carbonyl (C=O) groups is 1. The van der Waals surface area contributed by atoms with Crippen molar-refractivity contribution < 1.29 is 14.3 Å². The molecule has 0 saturated carbocycles. The van der Waals surface area contributed by atoms with Crippen molar-refractivity contribution in [2.45, 2.75) is 45.9 Å². The molecule has 1 aromatic carbocycles. The van der Waals surface area contributed by atoms with Crippen LogP contribution in [-0.4, -0.2) is 62.1 Å². The van der Waals surface area contributed by atoms with E-state index in [1.54, 1.807) is 21.7 Å². The van der Waals surface area contributed by atoms with Crippen LogP contribution in [0, 0.1) is 0 Å². The third-order valence-corrected chi connectivity index (χ3v) is 6.35. The molecule has 2 atom stereocenters. The summed E-state index contributed by atoms with van der Waals surface area (Å²) in [7, 11) is 0. The number of morpholine rings is 1. The molecule has 37 heavy (non-hydrogen) atoms. The number of carbonyl (C=O) groups excluding carboxylic acids is 1. The molecule has 1 aliphatic rings. The first-order chi connectivity index (χ1) is 17.8. The second-order valence-electron chi connectivity index (χ2n) is 9.72. The summed E-state index contributed by atoms with van der Waals surface area (Å²) in [6, 6.07) is 16.8. The highest BCUT2D eigenvalue weighted by molar-refractivity contribution is 5.90. The van der Waals surface area contributed by atoms with Gasteiger partial charge >= 0.3 is 0 Å². The number of aromatic nitrogens is 4. The SMILES string of the molecule is CC(C)n1nc(-c2c(-c3ccccc3)nn3cc(OCC(=O)N4C[C@@H](C)O[C@@H](C)C4)ccc23)ccc1=O. The largest absolute Gasteiger partial charge is 0.482 e. The number of amides is 1. The maximum absolute atomic E-state index is 12.8. The van der Waals surface area contributed by atoms with Crippen molar-refractivity contribution in [1.29, 1.82) is 0 Å². The van der Waals surface area contributed by atoms with Crippen molar-refractivity contribution in [3.8, 4) is 28.3 Å². The van der Waals surface area contributed by atoms with Crippen molar-refractivity contribution in [3.05, 3.63) is 71.1 Å². The maximum atomic E-state index is 12.8. The van der Waals surface area contributed by atoms with Crippen LogP contribution in [0.5, 0.6) is 5.75 Å². The molecule has 1 amide bonds. The third kappa shape index (κ3) is 5.13. The number of fused-ring (bicyclic) bond motifs is 1. The molecule has 0 spiro atoms. The van der Waals surface area contributed by atoms with Gasteiger partial charge in [0.1, 0.15) is 11.4 Å². The second-order valence-corrected chi connectivity index (χ2v) is 9.72. The van der Waals surface area contributed by atoms with Gasteiger partial charge in [-0.1, -0.05) is 30.3 Å². The lowest BCUT2D eigenvalue weighted by molar-refractivity contribution is -0.145. The van der Waals surface area contributed by atoms with E-state index >= 15 is 0 Å². The summed E-state index contributed by atoms with van der Waals surface area (Å²) in [6.07, 6.45) is 1.77. The van der Waals surface area contributed by atoms with Crippen LogP contribution >= 0.6 is 0 Å². The Kier molecular flexibility index (Phi) is 6.80. The van der Waals surface area contributed by atoms with E-state index in [0.29, 0.717) is 24.5 Å². The summed E-state index contributed by atoms with van der Waals surface area (Å²) in [4.78, 5) is 26.9. The Morgan fingerprint density at radius 3 is 2.46 bits per heavy atom. The van der Waals surface area contributed by atoms with E-state index in [2.05, 4.69) is 5.10 Å². The minimum Gasteiger partial charge on any atom is -0.482 e. The van der Waals surface area contributed by atoms with Gasteiger partial charge in [-0.25, -0.2) is 9.20 Å². The van der Waals surface area contributed by atoms with Crippen LogP contribution in [0.15, 0.2) is 65.6 Å². The molecule has 0 aliphatic carbocycles. The number of pyridine rings is 1. The Morgan fingerprint density at radius 1 is 1.03 bits per heavy atom. The van der Waals surface area contributed by atoms with Crippen molar-refractivity contribution in [2.24, 2.45) is 0 Å². The number of nitrogens with zero attached hydrogens (tertiary/aromatic N) is 5. The van der Waals surface area contributed by atoms with Crippen molar-refractivity contribution in [3.63, 3.8) is 0 Å². The van der Waals surface area contributed by atoms with Gasteiger partial charge in [-0.05, 0) is 45.9 Å². The van der Waals surface area contributed by atoms with Gasteiger partial charge < -0.3 is 14.4 Å². The zero-order valence-corrected chi connectivity index (χ0v) is 21.5. The minimum atomic E-state index is -0.152. The van der Waals surface area contributed by atoms with E-state index < -0.39 is 0 Å². The van der Waals surface area contributed by atoms with Gasteiger partial charge in [-0.15, -0.1) is 0 Å². The number of hydrogen-bond acceptors (Lipinski definition) is 6. The lowest BCUT2D eigenvalue weighted by Crippen LogP contribution is -2.49. The summed E-state index contributed by atoms with van der Waals surface area (Å²) in [6.45, 7) is 8.83. The molecular formula is C28H31N5O4. The Hall–Kier alpha value is -3.98. The van der Waals surface area contributed by atoms with Crippen LogP contribution in [0.3, 0.4) is 0 Å². The predicted octanol–water partition coefficient (Wildman–Crippen LogP) is 3.82. The highest BCUT2D eigenvalue weighted by Crippen LogP contribution is 2.34. The average molecular weight is 502 g/mol. The zero-order valence-electron chi connectivity index (χ0n) is 21.5. The minimum absolute atomic E-state index is 0.00150. The normalized spacial score (nSPS) is 17.9. The van der Waals surface area contributed by atoms with Crippen LogP contribution in [0.2, 0.25) is 0 Å². The molecule has 3 aromatic heterocycles. The Bertz CT molecular complexity index is 1470. The summed E-state index contributed by atoms with van der Waals surface area (Å²) in [5.41, 5.74) is 3.81. The van der Waals surface area contributed by atoms with E-state index in [4.69, 9.17) is 14.6 Å².